The van der Waals surface area contributed by atoms with Crippen molar-refractivity contribution in [2.45, 2.75) is 26.3 Å². The van der Waals surface area contributed by atoms with E-state index in [1.54, 1.807) is 29.9 Å². The van der Waals surface area contributed by atoms with E-state index in [0.717, 1.165) is 35.9 Å². The summed E-state index contributed by atoms with van der Waals surface area (Å²) in [4.78, 5) is 27.3. The number of piperidine rings is 1. The van der Waals surface area contributed by atoms with Crippen LogP contribution in [0.25, 0.3) is 0 Å². The maximum atomic E-state index is 12.4. The molecule has 1 N–H and O–H groups in total. The molecule has 6 nitrogen and oxygen atoms in total. The molecule has 0 radical (unpaired) electrons. The van der Waals surface area contributed by atoms with Crippen LogP contribution in [0.4, 0.5) is 5.82 Å². The highest BCUT2D eigenvalue weighted by molar-refractivity contribution is 7.09. The largest absolute Gasteiger partial charge is 0.355 e. The van der Waals surface area contributed by atoms with Crippen LogP contribution in [0.2, 0.25) is 0 Å². The van der Waals surface area contributed by atoms with Gasteiger partial charge in [0.15, 0.2) is 0 Å². The number of hydrogen-bond acceptors (Lipinski definition) is 6. The molecule has 0 aliphatic carbocycles. The van der Waals surface area contributed by atoms with Crippen LogP contribution in [-0.4, -0.2) is 33.9 Å². The standard InChI is InChI=1S/C15H19N5OS/c1-11-10-22-14(19-11)8-18-15(21)12-3-2-6-20(9-12)13-7-16-4-5-17-13/h4-5,7,10,12H,2-3,6,8-9H2,1H3,(H,18,21)/t12-/m0/s1. The van der Waals surface area contributed by atoms with Crippen molar-refractivity contribution in [1.82, 2.24) is 20.3 Å². The number of carbonyl (C=O) groups excluding carboxylic acids is 1. The van der Waals surface area contributed by atoms with E-state index in [-0.39, 0.29) is 11.8 Å². The molecule has 1 fully saturated rings. The average molecular weight is 317 g/mol. The number of anilines is 1. The summed E-state index contributed by atoms with van der Waals surface area (Å²) in [7, 11) is 0. The van der Waals surface area contributed by atoms with E-state index in [0.29, 0.717) is 13.1 Å². The number of aryl methyl sites for hydroxylation is 1. The fourth-order valence-electron chi connectivity index (χ4n) is 2.64. The van der Waals surface area contributed by atoms with Crippen molar-refractivity contribution in [3.8, 4) is 0 Å². The quantitative estimate of drug-likeness (QED) is 0.930. The van der Waals surface area contributed by atoms with Gasteiger partial charge >= 0.3 is 0 Å². The van der Waals surface area contributed by atoms with Gasteiger partial charge in [-0.3, -0.25) is 9.78 Å². The molecule has 3 heterocycles. The minimum Gasteiger partial charge on any atom is -0.355 e. The van der Waals surface area contributed by atoms with Crippen molar-refractivity contribution in [3.05, 3.63) is 34.7 Å². The first-order valence-electron chi connectivity index (χ1n) is 7.42. The topological polar surface area (TPSA) is 71.0 Å². The Kier molecular flexibility index (Phi) is 4.62. The number of thiazole rings is 1. The Balaban J connectivity index is 1.56. The number of hydrogen-bond donors (Lipinski definition) is 1. The van der Waals surface area contributed by atoms with Gasteiger partial charge in [-0.05, 0) is 19.8 Å². The van der Waals surface area contributed by atoms with Gasteiger partial charge in [0.2, 0.25) is 5.91 Å². The molecule has 1 amide bonds. The van der Waals surface area contributed by atoms with Crippen molar-refractivity contribution in [1.29, 1.82) is 0 Å². The van der Waals surface area contributed by atoms with Gasteiger partial charge < -0.3 is 10.2 Å². The molecule has 1 atom stereocenters. The smallest absolute Gasteiger partial charge is 0.225 e. The average Bonchev–Trinajstić information content (AvgIpc) is 2.99. The number of rotatable bonds is 4. The summed E-state index contributed by atoms with van der Waals surface area (Å²) in [5, 5.41) is 5.95. The minimum atomic E-state index is -0.00295. The first kappa shape index (κ1) is 14.9. The summed E-state index contributed by atoms with van der Waals surface area (Å²) < 4.78 is 0. The lowest BCUT2D eigenvalue weighted by Gasteiger charge is -2.32. The molecule has 0 spiro atoms. The Morgan fingerprint density at radius 1 is 1.50 bits per heavy atom. The number of nitrogens with zero attached hydrogens (tertiary/aromatic N) is 4. The van der Waals surface area contributed by atoms with Gasteiger partial charge in [-0.1, -0.05) is 0 Å². The molecule has 0 saturated carbocycles. The summed E-state index contributed by atoms with van der Waals surface area (Å²) >= 11 is 1.58. The molecule has 0 aromatic carbocycles. The van der Waals surface area contributed by atoms with Gasteiger partial charge in [0.1, 0.15) is 10.8 Å². The normalized spacial score (nSPS) is 18.2. The third-order valence-corrected chi connectivity index (χ3v) is 4.71. The molecular weight excluding hydrogens is 298 g/mol. The number of carbonyl (C=O) groups is 1. The van der Waals surface area contributed by atoms with Crippen LogP contribution < -0.4 is 10.2 Å². The number of aromatic nitrogens is 3. The highest BCUT2D eigenvalue weighted by atomic mass is 32.1. The summed E-state index contributed by atoms with van der Waals surface area (Å²) in [6.07, 6.45) is 7.00. The molecule has 7 heteroatoms. The molecule has 22 heavy (non-hydrogen) atoms. The Morgan fingerprint density at radius 3 is 3.14 bits per heavy atom. The van der Waals surface area contributed by atoms with Gasteiger partial charge in [0, 0.05) is 36.6 Å². The number of nitrogens with one attached hydrogen (secondary N) is 1. The molecule has 1 aliphatic rings. The number of amides is 1. The van der Waals surface area contributed by atoms with Crippen LogP contribution in [0.15, 0.2) is 24.0 Å². The fourth-order valence-corrected chi connectivity index (χ4v) is 3.36. The Hall–Kier alpha value is -2.02. The molecule has 3 rings (SSSR count). The second kappa shape index (κ2) is 6.83. The van der Waals surface area contributed by atoms with E-state index in [9.17, 15) is 4.79 Å². The molecule has 116 valence electrons. The van der Waals surface area contributed by atoms with Crippen molar-refractivity contribution < 1.29 is 4.79 Å². The molecular formula is C15H19N5OS. The molecule has 2 aromatic rings. The molecule has 2 aromatic heterocycles. The van der Waals surface area contributed by atoms with Crippen molar-refractivity contribution >= 4 is 23.1 Å². The first-order chi connectivity index (χ1) is 10.7. The van der Waals surface area contributed by atoms with E-state index >= 15 is 0 Å². The third-order valence-electron chi connectivity index (χ3n) is 3.75. The maximum absolute atomic E-state index is 12.4. The highest BCUT2D eigenvalue weighted by Gasteiger charge is 2.26. The van der Waals surface area contributed by atoms with E-state index in [4.69, 9.17) is 0 Å². The Morgan fingerprint density at radius 2 is 2.41 bits per heavy atom. The fraction of sp³-hybridized carbons (Fsp3) is 0.467. The SMILES string of the molecule is Cc1csc(CNC(=O)[C@H]2CCCN(c3cnccn3)C2)n1. The van der Waals surface area contributed by atoms with Crippen molar-refractivity contribution in [2.24, 2.45) is 5.92 Å². The van der Waals surface area contributed by atoms with Crippen LogP contribution in [0.3, 0.4) is 0 Å². The lowest BCUT2D eigenvalue weighted by molar-refractivity contribution is -0.125. The van der Waals surface area contributed by atoms with Crippen molar-refractivity contribution in [3.63, 3.8) is 0 Å². The van der Waals surface area contributed by atoms with Gasteiger partial charge in [0.25, 0.3) is 0 Å². The first-order valence-corrected chi connectivity index (χ1v) is 8.30. The van der Waals surface area contributed by atoms with Crippen LogP contribution in [0.5, 0.6) is 0 Å². The summed E-state index contributed by atoms with van der Waals surface area (Å²) in [5.41, 5.74) is 1.00. The van der Waals surface area contributed by atoms with Gasteiger partial charge in [-0.15, -0.1) is 11.3 Å². The predicted octanol–water partition coefficient (Wildman–Crippen LogP) is 1.77. The second-order valence-electron chi connectivity index (χ2n) is 5.45. The van der Waals surface area contributed by atoms with Gasteiger partial charge in [-0.25, -0.2) is 9.97 Å². The van der Waals surface area contributed by atoms with E-state index in [1.807, 2.05) is 12.3 Å². The monoisotopic (exact) mass is 317 g/mol. The third kappa shape index (κ3) is 3.59. The molecule has 0 unspecified atom stereocenters. The minimum absolute atomic E-state index is 0.00295. The second-order valence-corrected chi connectivity index (χ2v) is 6.39. The van der Waals surface area contributed by atoms with E-state index in [2.05, 4.69) is 25.2 Å². The zero-order chi connectivity index (χ0) is 15.4. The molecule has 0 bridgehead atoms. The highest BCUT2D eigenvalue weighted by Crippen LogP contribution is 2.21. The zero-order valence-electron chi connectivity index (χ0n) is 12.5. The van der Waals surface area contributed by atoms with Crippen LogP contribution in [0, 0.1) is 12.8 Å². The summed E-state index contributed by atoms with van der Waals surface area (Å²) in [5.74, 6) is 0.939. The predicted molar refractivity (Wildman–Crippen MR) is 85.7 cm³/mol. The van der Waals surface area contributed by atoms with E-state index < -0.39 is 0 Å². The molecule has 1 aliphatic heterocycles. The van der Waals surface area contributed by atoms with Crippen LogP contribution in [0.1, 0.15) is 23.5 Å². The Labute approximate surface area is 133 Å². The van der Waals surface area contributed by atoms with E-state index in [1.165, 1.54) is 0 Å². The lowest BCUT2D eigenvalue weighted by atomic mass is 9.97. The maximum Gasteiger partial charge on any atom is 0.225 e. The van der Waals surface area contributed by atoms with Crippen molar-refractivity contribution in [2.75, 3.05) is 18.0 Å². The molecule has 1 saturated heterocycles. The van der Waals surface area contributed by atoms with Crippen LogP contribution in [-0.2, 0) is 11.3 Å². The van der Waals surface area contributed by atoms with Crippen LogP contribution >= 0.6 is 11.3 Å². The van der Waals surface area contributed by atoms with Gasteiger partial charge in [0.05, 0.1) is 18.7 Å². The zero-order valence-corrected chi connectivity index (χ0v) is 13.3. The summed E-state index contributed by atoms with van der Waals surface area (Å²) in [6.45, 7) is 4.09. The summed E-state index contributed by atoms with van der Waals surface area (Å²) in [6, 6.07) is 0. The Bertz CT molecular complexity index is 630. The van der Waals surface area contributed by atoms with Gasteiger partial charge in [-0.2, -0.15) is 0 Å². The lowest BCUT2D eigenvalue weighted by Crippen LogP contribution is -2.43.